The maximum absolute atomic E-state index is 10.5. The first-order valence-electron chi connectivity index (χ1n) is 5.23. The number of hydrogen-bond acceptors (Lipinski definition) is 2. The molecule has 78 valence electrons. The van der Waals surface area contributed by atoms with Gasteiger partial charge in [-0.1, -0.05) is 18.9 Å². The predicted octanol–water partition coefficient (Wildman–Crippen LogP) is 1.83. The zero-order chi connectivity index (χ0) is 10.0. The molecule has 1 N–H and O–H groups in total. The third kappa shape index (κ3) is 1.69. The predicted molar refractivity (Wildman–Crippen MR) is 52.0 cm³/mol. The van der Waals surface area contributed by atoms with E-state index in [-0.39, 0.29) is 5.41 Å². The second-order valence-electron chi connectivity index (χ2n) is 4.38. The number of rotatable bonds is 3. The summed E-state index contributed by atoms with van der Waals surface area (Å²) < 4.78 is 5.24. The fraction of sp³-hybridized carbons (Fsp3) is 0.727. The number of aliphatic carboxylic acids is 1. The average molecular weight is 196 g/mol. The minimum Gasteiger partial charge on any atom is -0.478 e. The van der Waals surface area contributed by atoms with Crippen LogP contribution in [0.25, 0.3) is 0 Å². The van der Waals surface area contributed by atoms with Crippen LogP contribution in [0.5, 0.6) is 0 Å². The van der Waals surface area contributed by atoms with Crippen LogP contribution in [0.15, 0.2) is 12.2 Å². The molecule has 0 amide bonds. The van der Waals surface area contributed by atoms with Crippen LogP contribution >= 0.6 is 0 Å². The highest BCUT2D eigenvalue weighted by atomic mass is 16.5. The lowest BCUT2D eigenvalue weighted by molar-refractivity contribution is -0.132. The van der Waals surface area contributed by atoms with Gasteiger partial charge in [-0.25, -0.2) is 4.79 Å². The van der Waals surface area contributed by atoms with Gasteiger partial charge in [0.15, 0.2) is 0 Å². The van der Waals surface area contributed by atoms with Crippen molar-refractivity contribution in [1.29, 1.82) is 0 Å². The van der Waals surface area contributed by atoms with Crippen LogP contribution < -0.4 is 0 Å². The van der Waals surface area contributed by atoms with Gasteiger partial charge < -0.3 is 9.84 Å². The van der Waals surface area contributed by atoms with E-state index in [2.05, 4.69) is 0 Å². The third-order valence-corrected chi connectivity index (χ3v) is 3.47. The molecule has 3 heteroatoms. The molecule has 2 rings (SSSR count). The SMILES string of the molecule is O=C(O)/C=C/C1(C2CCCC2)COC1. The van der Waals surface area contributed by atoms with E-state index >= 15 is 0 Å². The summed E-state index contributed by atoms with van der Waals surface area (Å²) in [7, 11) is 0. The van der Waals surface area contributed by atoms with Crippen molar-refractivity contribution in [2.24, 2.45) is 11.3 Å². The molecule has 0 atom stereocenters. The number of carbonyl (C=O) groups is 1. The van der Waals surface area contributed by atoms with E-state index in [9.17, 15) is 4.79 Å². The summed E-state index contributed by atoms with van der Waals surface area (Å²) in [5, 5.41) is 8.61. The Hall–Kier alpha value is -0.830. The van der Waals surface area contributed by atoms with Crippen LogP contribution in [0.1, 0.15) is 25.7 Å². The molecule has 0 bridgehead atoms. The molecule has 14 heavy (non-hydrogen) atoms. The Balaban J connectivity index is 2.04. The molecule has 2 fully saturated rings. The van der Waals surface area contributed by atoms with Gasteiger partial charge in [0, 0.05) is 11.5 Å². The molecular weight excluding hydrogens is 180 g/mol. The second-order valence-corrected chi connectivity index (χ2v) is 4.38. The normalized spacial score (nSPS) is 26.6. The molecule has 1 heterocycles. The van der Waals surface area contributed by atoms with Gasteiger partial charge in [-0.05, 0) is 18.8 Å². The maximum Gasteiger partial charge on any atom is 0.328 e. The molecule has 0 unspecified atom stereocenters. The van der Waals surface area contributed by atoms with Gasteiger partial charge in [0.1, 0.15) is 0 Å². The van der Waals surface area contributed by atoms with Crippen molar-refractivity contribution >= 4 is 5.97 Å². The van der Waals surface area contributed by atoms with Crippen molar-refractivity contribution in [2.45, 2.75) is 25.7 Å². The smallest absolute Gasteiger partial charge is 0.328 e. The van der Waals surface area contributed by atoms with E-state index in [4.69, 9.17) is 9.84 Å². The van der Waals surface area contributed by atoms with E-state index in [1.807, 2.05) is 6.08 Å². The Kier molecular flexibility index (Phi) is 2.59. The minimum atomic E-state index is -0.853. The lowest BCUT2D eigenvalue weighted by Crippen LogP contribution is -2.46. The zero-order valence-corrected chi connectivity index (χ0v) is 8.24. The first-order valence-corrected chi connectivity index (χ1v) is 5.23. The fourth-order valence-corrected chi connectivity index (χ4v) is 2.54. The summed E-state index contributed by atoms with van der Waals surface area (Å²) in [6.07, 6.45) is 8.16. The number of hydrogen-bond donors (Lipinski definition) is 1. The van der Waals surface area contributed by atoms with Gasteiger partial charge in [0.2, 0.25) is 0 Å². The van der Waals surface area contributed by atoms with Crippen molar-refractivity contribution in [3.63, 3.8) is 0 Å². The van der Waals surface area contributed by atoms with Gasteiger partial charge in [0.25, 0.3) is 0 Å². The van der Waals surface area contributed by atoms with Crippen molar-refractivity contribution in [3.8, 4) is 0 Å². The molecule has 1 aliphatic heterocycles. The van der Waals surface area contributed by atoms with E-state index in [1.54, 1.807) is 0 Å². The summed E-state index contributed by atoms with van der Waals surface area (Å²) in [4.78, 5) is 10.5. The Morgan fingerprint density at radius 1 is 1.36 bits per heavy atom. The van der Waals surface area contributed by atoms with Crippen molar-refractivity contribution < 1.29 is 14.6 Å². The molecule has 1 saturated heterocycles. The van der Waals surface area contributed by atoms with Gasteiger partial charge >= 0.3 is 5.97 Å². The fourth-order valence-electron chi connectivity index (χ4n) is 2.54. The minimum absolute atomic E-state index is 0.0505. The molecular formula is C11H16O3. The van der Waals surface area contributed by atoms with Crippen LogP contribution in [0.2, 0.25) is 0 Å². The third-order valence-electron chi connectivity index (χ3n) is 3.47. The molecule has 3 nitrogen and oxygen atoms in total. The monoisotopic (exact) mass is 196 g/mol. The maximum atomic E-state index is 10.5. The second kappa shape index (κ2) is 3.73. The van der Waals surface area contributed by atoms with E-state index in [0.717, 1.165) is 0 Å². The van der Waals surface area contributed by atoms with E-state index < -0.39 is 5.97 Å². The first kappa shape index (κ1) is 9.71. The molecule has 0 spiro atoms. The highest BCUT2D eigenvalue weighted by Crippen LogP contribution is 2.45. The molecule has 0 aromatic carbocycles. The molecule has 0 aromatic rings. The average Bonchev–Trinajstić information content (AvgIpc) is 2.55. The highest BCUT2D eigenvalue weighted by molar-refractivity contribution is 5.79. The van der Waals surface area contributed by atoms with Crippen molar-refractivity contribution in [3.05, 3.63) is 12.2 Å². The summed E-state index contributed by atoms with van der Waals surface area (Å²) >= 11 is 0. The Morgan fingerprint density at radius 2 is 2.00 bits per heavy atom. The molecule has 2 aliphatic rings. The summed E-state index contributed by atoms with van der Waals surface area (Å²) in [5.41, 5.74) is 0.0505. The van der Waals surface area contributed by atoms with Gasteiger partial charge in [0.05, 0.1) is 13.2 Å². The quantitative estimate of drug-likeness (QED) is 0.700. The Labute approximate surface area is 83.8 Å². The van der Waals surface area contributed by atoms with Crippen LogP contribution in [0, 0.1) is 11.3 Å². The van der Waals surface area contributed by atoms with Gasteiger partial charge in [-0.3, -0.25) is 0 Å². The molecule has 0 aromatic heterocycles. The van der Waals surface area contributed by atoms with Crippen LogP contribution in [-0.4, -0.2) is 24.3 Å². The standard InChI is InChI=1S/C11H16O3/c12-10(13)5-6-11(7-14-8-11)9-3-1-2-4-9/h5-6,9H,1-4,7-8H2,(H,12,13)/b6-5+. The molecule has 0 radical (unpaired) electrons. The number of ether oxygens (including phenoxy) is 1. The lowest BCUT2D eigenvalue weighted by atomic mass is 9.72. The van der Waals surface area contributed by atoms with E-state index in [0.29, 0.717) is 19.1 Å². The van der Waals surface area contributed by atoms with Crippen molar-refractivity contribution in [2.75, 3.05) is 13.2 Å². The largest absolute Gasteiger partial charge is 0.478 e. The molecule has 1 saturated carbocycles. The topological polar surface area (TPSA) is 46.5 Å². The number of carboxylic acid groups (broad SMARTS) is 1. The van der Waals surface area contributed by atoms with E-state index in [1.165, 1.54) is 31.8 Å². The van der Waals surface area contributed by atoms with Crippen LogP contribution in [-0.2, 0) is 9.53 Å². The lowest BCUT2D eigenvalue weighted by Gasteiger charge is -2.44. The summed E-state index contributed by atoms with van der Waals surface area (Å²) in [6, 6.07) is 0. The van der Waals surface area contributed by atoms with Crippen molar-refractivity contribution in [1.82, 2.24) is 0 Å². The van der Waals surface area contributed by atoms with Crippen LogP contribution in [0.3, 0.4) is 0 Å². The highest BCUT2D eigenvalue weighted by Gasteiger charge is 2.44. The zero-order valence-electron chi connectivity index (χ0n) is 8.24. The Bertz CT molecular complexity index is 247. The molecule has 1 aliphatic carbocycles. The summed E-state index contributed by atoms with van der Waals surface area (Å²) in [6.45, 7) is 1.42. The number of carboxylic acids is 1. The Morgan fingerprint density at radius 3 is 2.43 bits per heavy atom. The van der Waals surface area contributed by atoms with Crippen LogP contribution in [0.4, 0.5) is 0 Å². The first-order chi connectivity index (χ1) is 6.73. The summed E-state index contributed by atoms with van der Waals surface area (Å²) in [5.74, 6) is -0.207. The van der Waals surface area contributed by atoms with Gasteiger partial charge in [-0.15, -0.1) is 0 Å². The van der Waals surface area contributed by atoms with Gasteiger partial charge in [-0.2, -0.15) is 0 Å².